The molecule has 0 bridgehead atoms. The number of hydrogen-bond donors (Lipinski definition) is 1. The van der Waals surface area contributed by atoms with Gasteiger partial charge in [0.15, 0.2) is 6.29 Å². The molecule has 4 nitrogen and oxygen atoms in total. The molecule has 2 heterocycles. The van der Waals surface area contributed by atoms with Crippen molar-refractivity contribution in [1.29, 1.82) is 0 Å². The maximum atomic E-state index is 10.3. The van der Waals surface area contributed by atoms with Gasteiger partial charge in [-0.15, -0.1) is 0 Å². The Bertz CT molecular complexity index is 290. The fraction of sp³-hybridized carbons (Fsp3) is 0.556. The highest BCUT2D eigenvalue weighted by atomic mass is 16.5. The number of nitrogens with zero attached hydrogens (tertiary/aromatic N) is 1. The first-order valence-electron chi connectivity index (χ1n) is 4.49. The van der Waals surface area contributed by atoms with Crippen molar-refractivity contribution in [1.82, 2.24) is 10.2 Å². The number of aldehydes is 1. The van der Waals surface area contributed by atoms with Gasteiger partial charge in [-0.05, 0) is 18.9 Å². The fourth-order valence-corrected chi connectivity index (χ4v) is 1.59. The van der Waals surface area contributed by atoms with Crippen LogP contribution in [0.25, 0.3) is 0 Å². The van der Waals surface area contributed by atoms with Crippen LogP contribution in [0, 0.1) is 0 Å². The molecule has 1 atom stereocenters. The topological polar surface area (TPSA) is 55.0 Å². The van der Waals surface area contributed by atoms with Crippen molar-refractivity contribution in [2.75, 3.05) is 6.61 Å². The molecule has 0 aromatic carbocycles. The number of rotatable bonds is 3. The van der Waals surface area contributed by atoms with Crippen molar-refractivity contribution in [3.8, 4) is 0 Å². The average molecular weight is 180 g/mol. The van der Waals surface area contributed by atoms with Crippen LogP contribution >= 0.6 is 0 Å². The summed E-state index contributed by atoms with van der Waals surface area (Å²) >= 11 is 0. The number of aromatic nitrogens is 2. The number of ether oxygens (including phenoxy) is 1. The van der Waals surface area contributed by atoms with Crippen LogP contribution < -0.4 is 0 Å². The smallest absolute Gasteiger partial charge is 0.170 e. The predicted molar refractivity (Wildman–Crippen MR) is 46.7 cm³/mol. The van der Waals surface area contributed by atoms with Gasteiger partial charge in [-0.3, -0.25) is 9.89 Å². The van der Waals surface area contributed by atoms with E-state index in [4.69, 9.17) is 4.74 Å². The molecule has 1 aromatic rings. The number of aromatic amines is 1. The summed E-state index contributed by atoms with van der Waals surface area (Å²) in [6, 6.07) is 1.77. The van der Waals surface area contributed by atoms with E-state index in [-0.39, 0.29) is 0 Å². The largest absolute Gasteiger partial charge is 0.378 e. The Morgan fingerprint density at radius 2 is 2.69 bits per heavy atom. The summed E-state index contributed by atoms with van der Waals surface area (Å²) in [6.45, 7) is 0.860. The predicted octanol–water partition coefficient (Wildman–Crippen LogP) is 0.944. The summed E-state index contributed by atoms with van der Waals surface area (Å²) in [4.78, 5) is 10.3. The third-order valence-corrected chi connectivity index (χ3v) is 2.24. The Labute approximate surface area is 76.3 Å². The highest BCUT2D eigenvalue weighted by molar-refractivity contribution is 5.71. The zero-order valence-electron chi connectivity index (χ0n) is 7.32. The monoisotopic (exact) mass is 180 g/mol. The van der Waals surface area contributed by atoms with Crippen LogP contribution in [0.5, 0.6) is 0 Å². The van der Waals surface area contributed by atoms with Gasteiger partial charge in [0, 0.05) is 18.7 Å². The highest BCUT2D eigenvalue weighted by Crippen LogP contribution is 2.16. The Morgan fingerprint density at radius 3 is 3.31 bits per heavy atom. The molecule has 0 radical (unpaired) electrons. The lowest BCUT2D eigenvalue weighted by atomic mass is 10.1. The van der Waals surface area contributed by atoms with Crippen LogP contribution in [0.2, 0.25) is 0 Å². The number of carbonyl (C=O) groups is 1. The van der Waals surface area contributed by atoms with Crippen LogP contribution in [-0.4, -0.2) is 29.2 Å². The van der Waals surface area contributed by atoms with Gasteiger partial charge >= 0.3 is 0 Å². The lowest BCUT2D eigenvalue weighted by molar-refractivity contribution is 0.110. The van der Waals surface area contributed by atoms with Crippen molar-refractivity contribution >= 4 is 6.29 Å². The highest BCUT2D eigenvalue weighted by Gasteiger charge is 2.16. The van der Waals surface area contributed by atoms with Crippen molar-refractivity contribution in [3.05, 3.63) is 17.5 Å². The van der Waals surface area contributed by atoms with E-state index >= 15 is 0 Å². The van der Waals surface area contributed by atoms with E-state index in [0.29, 0.717) is 11.8 Å². The minimum atomic E-state index is 0.306. The molecule has 0 spiro atoms. The number of hydrogen-bond acceptors (Lipinski definition) is 3. The lowest BCUT2D eigenvalue weighted by Gasteiger charge is -2.05. The van der Waals surface area contributed by atoms with Crippen molar-refractivity contribution in [2.24, 2.45) is 0 Å². The summed E-state index contributed by atoms with van der Waals surface area (Å²) in [5, 5.41) is 6.65. The quantitative estimate of drug-likeness (QED) is 0.704. The second-order valence-electron chi connectivity index (χ2n) is 3.28. The SMILES string of the molecule is O=Cc1cc(CC2CCCO2)[nH]n1. The van der Waals surface area contributed by atoms with E-state index in [9.17, 15) is 4.79 Å². The molecule has 1 unspecified atom stereocenters. The van der Waals surface area contributed by atoms with E-state index in [2.05, 4.69) is 10.2 Å². The first-order chi connectivity index (χ1) is 6.38. The van der Waals surface area contributed by atoms with E-state index in [0.717, 1.165) is 37.8 Å². The molecule has 70 valence electrons. The molecular formula is C9H12N2O2. The van der Waals surface area contributed by atoms with E-state index in [1.807, 2.05) is 0 Å². The minimum Gasteiger partial charge on any atom is -0.378 e. The lowest BCUT2D eigenvalue weighted by Crippen LogP contribution is -2.08. The normalized spacial score (nSPS) is 22.0. The Hall–Kier alpha value is -1.16. The van der Waals surface area contributed by atoms with Gasteiger partial charge in [0.1, 0.15) is 5.69 Å². The molecule has 1 aliphatic heterocycles. The second kappa shape index (κ2) is 3.70. The zero-order chi connectivity index (χ0) is 9.10. The van der Waals surface area contributed by atoms with Crippen molar-refractivity contribution in [2.45, 2.75) is 25.4 Å². The summed E-state index contributed by atoms with van der Waals surface area (Å²) in [5.41, 5.74) is 1.45. The van der Waals surface area contributed by atoms with Crippen LogP contribution in [0.1, 0.15) is 29.0 Å². The summed E-state index contributed by atoms with van der Waals surface area (Å²) in [6.07, 6.45) is 4.13. The summed E-state index contributed by atoms with van der Waals surface area (Å²) in [5.74, 6) is 0. The van der Waals surface area contributed by atoms with Gasteiger partial charge in [-0.25, -0.2) is 0 Å². The van der Waals surface area contributed by atoms with Crippen LogP contribution in [0.3, 0.4) is 0 Å². The molecule has 0 amide bonds. The van der Waals surface area contributed by atoms with Crippen molar-refractivity contribution in [3.63, 3.8) is 0 Å². The molecule has 1 saturated heterocycles. The molecule has 13 heavy (non-hydrogen) atoms. The second-order valence-corrected chi connectivity index (χ2v) is 3.28. The minimum absolute atomic E-state index is 0.306. The fourth-order valence-electron chi connectivity index (χ4n) is 1.59. The first kappa shape index (κ1) is 8.44. The summed E-state index contributed by atoms with van der Waals surface area (Å²) in [7, 11) is 0. The summed E-state index contributed by atoms with van der Waals surface area (Å²) < 4.78 is 5.46. The van der Waals surface area contributed by atoms with E-state index in [1.54, 1.807) is 6.07 Å². The standard InChI is InChI=1S/C9H12N2O2/c12-6-8-4-7(10-11-8)5-9-2-1-3-13-9/h4,6,9H,1-3,5H2,(H,10,11). The van der Waals surface area contributed by atoms with Crippen LogP contribution in [-0.2, 0) is 11.2 Å². The molecule has 1 fully saturated rings. The third-order valence-electron chi connectivity index (χ3n) is 2.24. The van der Waals surface area contributed by atoms with Crippen LogP contribution in [0.4, 0.5) is 0 Å². The molecule has 4 heteroatoms. The molecule has 1 N–H and O–H groups in total. The zero-order valence-corrected chi connectivity index (χ0v) is 7.32. The number of H-pyrrole nitrogens is 1. The number of nitrogens with one attached hydrogen (secondary N) is 1. The maximum absolute atomic E-state index is 10.3. The molecule has 1 aliphatic rings. The molecule has 1 aromatic heterocycles. The van der Waals surface area contributed by atoms with Gasteiger partial charge in [0.05, 0.1) is 6.10 Å². The first-order valence-corrected chi connectivity index (χ1v) is 4.49. The van der Waals surface area contributed by atoms with Gasteiger partial charge in [-0.2, -0.15) is 5.10 Å². The molecule has 0 saturated carbocycles. The maximum Gasteiger partial charge on any atom is 0.170 e. The third kappa shape index (κ3) is 1.95. The van der Waals surface area contributed by atoms with Crippen LogP contribution in [0.15, 0.2) is 6.07 Å². The Balaban J connectivity index is 1.96. The van der Waals surface area contributed by atoms with Gasteiger partial charge in [-0.1, -0.05) is 0 Å². The van der Waals surface area contributed by atoms with Gasteiger partial charge in [0.25, 0.3) is 0 Å². The van der Waals surface area contributed by atoms with E-state index in [1.165, 1.54) is 0 Å². The molecular weight excluding hydrogens is 168 g/mol. The average Bonchev–Trinajstić information content (AvgIpc) is 2.76. The van der Waals surface area contributed by atoms with E-state index < -0.39 is 0 Å². The van der Waals surface area contributed by atoms with Gasteiger partial charge < -0.3 is 4.74 Å². The Morgan fingerprint density at radius 1 is 1.77 bits per heavy atom. The van der Waals surface area contributed by atoms with Crippen molar-refractivity contribution < 1.29 is 9.53 Å². The number of carbonyl (C=O) groups excluding carboxylic acids is 1. The Kier molecular flexibility index (Phi) is 2.40. The van der Waals surface area contributed by atoms with Gasteiger partial charge in [0.2, 0.25) is 0 Å². The molecule has 2 rings (SSSR count). The molecule has 0 aliphatic carbocycles.